The number of carbonyl (C=O) groups is 3. The van der Waals surface area contributed by atoms with Crippen LogP contribution >= 0.6 is 0 Å². The molecule has 2 N–H and O–H groups in total. The van der Waals surface area contributed by atoms with Gasteiger partial charge in [0.1, 0.15) is 6.54 Å². The molecular formula is C12H14N7O4+. The molecule has 23 heavy (non-hydrogen) atoms. The maximum absolute atomic E-state index is 12.7. The Kier molecular flexibility index (Phi) is 3.39. The fraction of sp³-hybridized carbons (Fsp3) is 0.417. The highest BCUT2D eigenvalue weighted by Crippen LogP contribution is 2.19. The minimum atomic E-state index is -0.880. The molecule has 0 saturated carbocycles. The molecule has 0 aliphatic carbocycles. The van der Waals surface area contributed by atoms with E-state index in [9.17, 15) is 14.4 Å². The van der Waals surface area contributed by atoms with E-state index in [1.165, 1.54) is 22.9 Å². The number of hydrogen-bond acceptors (Lipinski definition) is 7. The lowest BCUT2D eigenvalue weighted by molar-refractivity contribution is -0.519. The number of aromatic nitrogens is 2. The van der Waals surface area contributed by atoms with E-state index in [1.54, 1.807) is 6.92 Å². The van der Waals surface area contributed by atoms with Gasteiger partial charge in [0.05, 0.1) is 0 Å². The maximum Gasteiger partial charge on any atom is 0.334 e. The van der Waals surface area contributed by atoms with Crippen molar-refractivity contribution >= 4 is 30.0 Å². The van der Waals surface area contributed by atoms with Gasteiger partial charge in [0.25, 0.3) is 30.0 Å². The average Bonchev–Trinajstić information content (AvgIpc) is 3.07. The third-order valence-corrected chi connectivity index (χ3v) is 3.48. The second kappa shape index (κ2) is 5.26. The summed E-state index contributed by atoms with van der Waals surface area (Å²) in [4.78, 5) is 46.4. The van der Waals surface area contributed by atoms with Crippen LogP contribution in [0.1, 0.15) is 11.7 Å². The van der Waals surface area contributed by atoms with Gasteiger partial charge in [-0.15, -0.1) is 0 Å². The van der Waals surface area contributed by atoms with Crippen molar-refractivity contribution in [2.75, 3.05) is 13.6 Å². The molecule has 11 heteroatoms. The Morgan fingerprint density at radius 2 is 2.22 bits per heavy atom. The van der Waals surface area contributed by atoms with Crippen molar-refractivity contribution < 1.29 is 23.5 Å². The number of likely N-dealkylation sites (N-methyl/N-ethyl adjacent to an activating group) is 1. The number of urea groups is 1. The Balaban J connectivity index is 1.88. The van der Waals surface area contributed by atoms with E-state index >= 15 is 0 Å². The summed E-state index contributed by atoms with van der Waals surface area (Å²) in [7, 11) is 1.49. The first-order chi connectivity index (χ1) is 10.9. The Morgan fingerprint density at radius 3 is 2.83 bits per heavy atom. The van der Waals surface area contributed by atoms with Gasteiger partial charge in [-0.3, -0.25) is 19.4 Å². The van der Waals surface area contributed by atoms with Crippen molar-refractivity contribution in [2.45, 2.75) is 19.5 Å². The van der Waals surface area contributed by atoms with Crippen LogP contribution in [0.4, 0.5) is 4.79 Å². The molecule has 0 aromatic carbocycles. The number of carbonyl (C=O) groups excluding carboxylic acids is 3. The van der Waals surface area contributed by atoms with Crippen LogP contribution in [-0.2, 0) is 16.1 Å². The Labute approximate surface area is 130 Å². The van der Waals surface area contributed by atoms with Crippen LogP contribution in [0, 0.1) is 6.92 Å². The van der Waals surface area contributed by atoms with Crippen molar-refractivity contribution in [3.05, 3.63) is 11.7 Å². The van der Waals surface area contributed by atoms with Crippen LogP contribution in [-0.4, -0.2) is 74.2 Å². The number of nitrogens with zero attached hydrogens (tertiary/aromatic N) is 6. The highest BCUT2D eigenvalue weighted by Gasteiger charge is 2.52. The molecule has 120 valence electrons. The molecule has 0 spiro atoms. The minimum absolute atomic E-state index is 0.140. The lowest BCUT2D eigenvalue weighted by Crippen LogP contribution is -2.62. The fourth-order valence-electron chi connectivity index (χ4n) is 2.46. The third kappa shape index (κ3) is 2.45. The molecule has 0 radical (unpaired) electrons. The lowest BCUT2D eigenvalue weighted by Gasteiger charge is -2.32. The summed E-state index contributed by atoms with van der Waals surface area (Å²) in [5, 5.41) is 3.62. The van der Waals surface area contributed by atoms with Gasteiger partial charge < -0.3 is 10.3 Å². The molecule has 0 bridgehead atoms. The topological polar surface area (TPSA) is 138 Å². The molecule has 1 unspecified atom stereocenters. The number of amides is 4. The minimum Gasteiger partial charge on any atom is -0.366 e. The van der Waals surface area contributed by atoms with E-state index in [4.69, 9.17) is 10.3 Å². The van der Waals surface area contributed by atoms with Gasteiger partial charge in [-0.25, -0.2) is 9.37 Å². The van der Waals surface area contributed by atoms with Gasteiger partial charge in [0.2, 0.25) is 5.89 Å². The first-order valence-corrected chi connectivity index (χ1v) is 6.72. The summed E-state index contributed by atoms with van der Waals surface area (Å²) >= 11 is 0. The van der Waals surface area contributed by atoms with Crippen LogP contribution in [0.2, 0.25) is 0 Å². The molecule has 3 heterocycles. The molecule has 2 aliphatic heterocycles. The number of amidine groups is 1. The summed E-state index contributed by atoms with van der Waals surface area (Å²) in [5.41, 5.74) is 5.17. The Hall–Kier alpha value is -3.11. The number of aryl methyl sites for hydroxylation is 1. The quantitative estimate of drug-likeness (QED) is 0.642. The Morgan fingerprint density at radius 1 is 1.48 bits per heavy atom. The predicted molar refractivity (Wildman–Crippen MR) is 74.4 cm³/mol. The van der Waals surface area contributed by atoms with E-state index in [1.807, 2.05) is 0 Å². The molecular weight excluding hydrogens is 306 g/mol. The van der Waals surface area contributed by atoms with Gasteiger partial charge in [0, 0.05) is 7.05 Å². The molecule has 1 fully saturated rings. The van der Waals surface area contributed by atoms with Crippen LogP contribution in [0.3, 0.4) is 0 Å². The average molecular weight is 320 g/mol. The highest BCUT2D eigenvalue weighted by atomic mass is 16.5. The molecule has 1 aromatic rings. The van der Waals surface area contributed by atoms with Crippen LogP contribution < -0.4 is 5.73 Å². The van der Waals surface area contributed by atoms with Gasteiger partial charge in [-0.1, -0.05) is 5.16 Å². The normalized spacial score (nSPS) is 20.5. The molecule has 1 saturated heterocycles. The van der Waals surface area contributed by atoms with Crippen LogP contribution in [0.15, 0.2) is 9.52 Å². The SMILES string of the molecule is Cc1noc(CN2C(=O)C3C(=NC=[N+]3CC(N)=O)N(C)C2=O)n1. The van der Waals surface area contributed by atoms with E-state index < -0.39 is 23.9 Å². The number of hydrogen-bond donors (Lipinski definition) is 1. The van der Waals surface area contributed by atoms with Gasteiger partial charge >= 0.3 is 6.03 Å². The third-order valence-electron chi connectivity index (χ3n) is 3.48. The molecule has 1 atom stereocenters. The fourth-order valence-corrected chi connectivity index (χ4v) is 2.46. The van der Waals surface area contributed by atoms with Gasteiger partial charge in [-0.05, 0) is 11.9 Å². The predicted octanol–water partition coefficient (Wildman–Crippen LogP) is -1.92. The van der Waals surface area contributed by atoms with Crippen LogP contribution in [0.25, 0.3) is 0 Å². The highest BCUT2D eigenvalue weighted by molar-refractivity contribution is 6.21. The van der Waals surface area contributed by atoms with Gasteiger partial charge in [0.15, 0.2) is 12.4 Å². The number of fused-ring (bicyclic) bond motifs is 1. The second-order valence-electron chi connectivity index (χ2n) is 5.15. The van der Waals surface area contributed by atoms with E-state index in [0.29, 0.717) is 5.82 Å². The zero-order valence-electron chi connectivity index (χ0n) is 12.5. The van der Waals surface area contributed by atoms with E-state index in [-0.39, 0.29) is 24.8 Å². The van der Waals surface area contributed by atoms with Crippen molar-refractivity contribution in [3.8, 4) is 0 Å². The summed E-state index contributed by atoms with van der Waals surface area (Å²) in [6.07, 6.45) is 1.33. The number of primary amides is 1. The van der Waals surface area contributed by atoms with Crippen molar-refractivity contribution in [1.82, 2.24) is 19.9 Å². The first kappa shape index (κ1) is 14.8. The smallest absolute Gasteiger partial charge is 0.334 e. The number of aliphatic imine (C=N–C) groups is 1. The summed E-state index contributed by atoms with van der Waals surface area (Å²) in [6.45, 7) is 1.29. The second-order valence-corrected chi connectivity index (χ2v) is 5.15. The van der Waals surface area contributed by atoms with Crippen molar-refractivity contribution in [1.29, 1.82) is 0 Å². The maximum atomic E-state index is 12.7. The summed E-state index contributed by atoms with van der Waals surface area (Å²) in [6, 6.07) is -1.44. The summed E-state index contributed by atoms with van der Waals surface area (Å²) in [5.74, 6) is -0.348. The molecule has 4 amide bonds. The number of nitrogens with two attached hydrogens (primary N) is 1. The lowest BCUT2D eigenvalue weighted by atomic mass is 10.1. The standard InChI is InChI=1S/C12H13N7O4/c1-6-15-8(23-16-6)4-19-11(21)9-10(17(2)12(19)22)14-5-18(9)3-7(13)20/h5,9H,3-4H2,1-2H3,(H-,13,20)/p+1. The van der Waals surface area contributed by atoms with Crippen LogP contribution in [0.5, 0.6) is 0 Å². The zero-order valence-corrected chi connectivity index (χ0v) is 12.5. The largest absolute Gasteiger partial charge is 0.366 e. The molecule has 1 aromatic heterocycles. The molecule has 11 nitrogen and oxygen atoms in total. The van der Waals surface area contributed by atoms with E-state index in [2.05, 4.69) is 15.1 Å². The molecule has 2 aliphatic rings. The zero-order chi connectivity index (χ0) is 16.7. The first-order valence-electron chi connectivity index (χ1n) is 6.72. The van der Waals surface area contributed by atoms with Gasteiger partial charge in [-0.2, -0.15) is 4.98 Å². The molecule has 3 rings (SSSR count). The number of imide groups is 1. The van der Waals surface area contributed by atoms with Crippen molar-refractivity contribution in [3.63, 3.8) is 0 Å². The monoisotopic (exact) mass is 320 g/mol. The van der Waals surface area contributed by atoms with E-state index in [0.717, 1.165) is 4.90 Å². The Bertz CT molecular complexity index is 765. The van der Waals surface area contributed by atoms with Crippen molar-refractivity contribution in [2.24, 2.45) is 10.7 Å². The summed E-state index contributed by atoms with van der Waals surface area (Å²) < 4.78 is 6.33. The number of rotatable bonds is 4.